The van der Waals surface area contributed by atoms with Crippen LogP contribution in [0.3, 0.4) is 0 Å². The zero-order chi connectivity index (χ0) is 18.2. The van der Waals surface area contributed by atoms with Gasteiger partial charge in [-0.2, -0.15) is 0 Å². The molecule has 1 aromatic heterocycles. The summed E-state index contributed by atoms with van der Waals surface area (Å²) < 4.78 is 6.13. The molecule has 6 heteroatoms. The minimum Gasteiger partial charge on any atom is -0.485 e. The molecule has 0 aliphatic carbocycles. The molecule has 2 N–H and O–H groups in total. The van der Waals surface area contributed by atoms with Gasteiger partial charge in [-0.1, -0.05) is 31.4 Å². The Kier molecular flexibility index (Phi) is 6.78. The predicted molar refractivity (Wildman–Crippen MR) is 110 cm³/mol. The molecular weight excluding hydrogens is 371 g/mol. The zero-order valence-electron chi connectivity index (χ0n) is 15.8. The fourth-order valence-electron chi connectivity index (χ4n) is 3.50. The third-order valence-corrected chi connectivity index (χ3v) is 5.19. The summed E-state index contributed by atoms with van der Waals surface area (Å²) in [5.74, 6) is 0.808. The fourth-order valence-corrected chi connectivity index (χ4v) is 3.75. The van der Waals surface area contributed by atoms with Gasteiger partial charge in [-0.25, -0.2) is 4.98 Å². The van der Waals surface area contributed by atoms with Gasteiger partial charge in [0.25, 0.3) is 0 Å². The van der Waals surface area contributed by atoms with E-state index in [1.165, 1.54) is 12.8 Å². The normalized spacial score (nSPS) is 21.0. The molecule has 0 fully saturated rings. The highest BCUT2D eigenvalue weighted by Gasteiger charge is 2.42. The Labute approximate surface area is 166 Å². The van der Waals surface area contributed by atoms with Crippen molar-refractivity contribution in [3.63, 3.8) is 0 Å². The Morgan fingerprint density at radius 2 is 2.00 bits per heavy atom. The van der Waals surface area contributed by atoms with Gasteiger partial charge in [0, 0.05) is 10.9 Å². The standard InChI is InChI=1S/C20H27ClN2O2.ClH/c1-5-6-7-8-22-18-14-10-15-13(12(2)9-17(21)23-15)11-16(14)25-20(3,4)19(18)24;/h9-11,18-19,22,24H,5-8H2,1-4H3;1H. The summed E-state index contributed by atoms with van der Waals surface area (Å²) >= 11 is 6.13. The van der Waals surface area contributed by atoms with E-state index in [2.05, 4.69) is 17.2 Å². The molecule has 1 aliphatic rings. The first-order valence-electron chi connectivity index (χ1n) is 9.04. The quantitative estimate of drug-likeness (QED) is 0.551. The van der Waals surface area contributed by atoms with Gasteiger partial charge in [0.1, 0.15) is 22.6 Å². The Hall–Kier alpha value is -1.07. The molecule has 2 aromatic rings. The third-order valence-electron chi connectivity index (χ3n) is 5.00. The van der Waals surface area contributed by atoms with Gasteiger partial charge in [-0.05, 0) is 57.5 Å². The Bertz CT molecular complexity index is 780. The second kappa shape index (κ2) is 8.30. The van der Waals surface area contributed by atoms with Crippen molar-refractivity contribution in [2.45, 2.75) is 64.7 Å². The van der Waals surface area contributed by atoms with Gasteiger partial charge in [0.15, 0.2) is 0 Å². The summed E-state index contributed by atoms with van der Waals surface area (Å²) in [7, 11) is 0. The summed E-state index contributed by atoms with van der Waals surface area (Å²) in [5.41, 5.74) is 2.19. The Balaban J connectivity index is 0.00000243. The van der Waals surface area contributed by atoms with Gasteiger partial charge in [-0.3, -0.25) is 0 Å². The maximum atomic E-state index is 10.8. The van der Waals surface area contributed by atoms with E-state index in [-0.39, 0.29) is 18.4 Å². The van der Waals surface area contributed by atoms with E-state index in [1.807, 2.05) is 39.0 Å². The minimum atomic E-state index is -0.656. The molecule has 2 atom stereocenters. The minimum absolute atomic E-state index is 0. The lowest BCUT2D eigenvalue weighted by Crippen LogP contribution is -2.52. The molecule has 0 saturated heterocycles. The van der Waals surface area contributed by atoms with Gasteiger partial charge in [0.2, 0.25) is 0 Å². The van der Waals surface area contributed by atoms with Crippen LogP contribution in [0, 0.1) is 6.92 Å². The Morgan fingerprint density at radius 3 is 2.69 bits per heavy atom. The number of nitrogens with zero attached hydrogens (tertiary/aromatic N) is 1. The third kappa shape index (κ3) is 4.09. The number of aliphatic hydroxyl groups excluding tert-OH is 1. The molecule has 26 heavy (non-hydrogen) atoms. The molecule has 1 aliphatic heterocycles. The fraction of sp³-hybridized carbons (Fsp3) is 0.550. The molecular formula is C20H28Cl2N2O2. The monoisotopic (exact) mass is 398 g/mol. The van der Waals surface area contributed by atoms with Crippen LogP contribution >= 0.6 is 24.0 Å². The first-order chi connectivity index (χ1) is 11.8. The van der Waals surface area contributed by atoms with E-state index in [0.717, 1.165) is 40.7 Å². The average Bonchev–Trinajstić information content (AvgIpc) is 2.53. The number of pyridine rings is 1. The second-order valence-electron chi connectivity index (χ2n) is 7.46. The SMILES string of the molecule is CCCCCNC1c2cc3nc(Cl)cc(C)c3cc2OC(C)(C)C1O.Cl. The highest BCUT2D eigenvalue weighted by molar-refractivity contribution is 6.29. The number of unbranched alkanes of at least 4 members (excludes halogenated alkanes) is 2. The van der Waals surface area contributed by atoms with Gasteiger partial charge in [-0.15, -0.1) is 12.4 Å². The van der Waals surface area contributed by atoms with Crippen LogP contribution < -0.4 is 10.1 Å². The summed E-state index contributed by atoms with van der Waals surface area (Å²) in [5, 5.41) is 15.9. The number of hydrogen-bond donors (Lipinski definition) is 2. The number of ether oxygens (including phenoxy) is 1. The molecule has 0 saturated carbocycles. The van der Waals surface area contributed by atoms with Crippen LogP contribution in [0.4, 0.5) is 0 Å². The first kappa shape index (κ1) is 21.2. The van der Waals surface area contributed by atoms with Crippen LogP contribution in [-0.2, 0) is 0 Å². The topological polar surface area (TPSA) is 54.4 Å². The maximum Gasteiger partial charge on any atom is 0.131 e. The van der Waals surface area contributed by atoms with E-state index in [4.69, 9.17) is 16.3 Å². The van der Waals surface area contributed by atoms with E-state index in [0.29, 0.717) is 5.15 Å². The van der Waals surface area contributed by atoms with Crippen molar-refractivity contribution < 1.29 is 9.84 Å². The molecule has 2 heterocycles. The molecule has 0 radical (unpaired) electrons. The molecule has 1 aromatic carbocycles. The van der Waals surface area contributed by atoms with Crippen molar-refractivity contribution in [3.8, 4) is 5.75 Å². The average molecular weight is 399 g/mol. The molecule has 0 bridgehead atoms. The van der Waals surface area contributed by atoms with Crippen LogP contribution in [0.2, 0.25) is 5.15 Å². The highest BCUT2D eigenvalue weighted by Crippen LogP contribution is 2.42. The van der Waals surface area contributed by atoms with Crippen LogP contribution in [0.25, 0.3) is 10.9 Å². The second-order valence-corrected chi connectivity index (χ2v) is 7.85. The number of benzene rings is 1. The number of hydrogen-bond acceptors (Lipinski definition) is 4. The zero-order valence-corrected chi connectivity index (χ0v) is 17.4. The molecule has 3 rings (SSSR count). The number of aryl methyl sites for hydroxylation is 1. The van der Waals surface area contributed by atoms with Crippen LogP contribution in [0.1, 0.15) is 57.2 Å². The van der Waals surface area contributed by atoms with Crippen molar-refractivity contribution in [1.82, 2.24) is 10.3 Å². The largest absolute Gasteiger partial charge is 0.485 e. The lowest BCUT2D eigenvalue weighted by Gasteiger charge is -2.42. The number of nitrogens with one attached hydrogen (secondary N) is 1. The van der Waals surface area contributed by atoms with Crippen molar-refractivity contribution in [2.75, 3.05) is 6.54 Å². The molecule has 4 nitrogen and oxygen atoms in total. The van der Waals surface area contributed by atoms with Crippen LogP contribution in [0.15, 0.2) is 18.2 Å². The highest BCUT2D eigenvalue weighted by atomic mass is 35.5. The lowest BCUT2D eigenvalue weighted by atomic mass is 9.85. The number of aromatic nitrogens is 1. The van der Waals surface area contributed by atoms with E-state index >= 15 is 0 Å². The van der Waals surface area contributed by atoms with Gasteiger partial charge >= 0.3 is 0 Å². The van der Waals surface area contributed by atoms with Crippen molar-refractivity contribution in [3.05, 3.63) is 34.5 Å². The maximum absolute atomic E-state index is 10.8. The number of aliphatic hydroxyl groups is 1. The van der Waals surface area contributed by atoms with Crippen LogP contribution in [-0.4, -0.2) is 28.3 Å². The van der Waals surface area contributed by atoms with Gasteiger partial charge < -0.3 is 15.2 Å². The summed E-state index contributed by atoms with van der Waals surface area (Å²) in [4.78, 5) is 4.45. The number of halogens is 2. The molecule has 0 spiro atoms. The first-order valence-corrected chi connectivity index (χ1v) is 9.42. The predicted octanol–water partition coefficient (Wildman–Crippen LogP) is 4.97. The molecule has 2 unspecified atom stereocenters. The van der Waals surface area contributed by atoms with E-state index < -0.39 is 11.7 Å². The molecule has 0 amide bonds. The van der Waals surface area contributed by atoms with Gasteiger partial charge in [0.05, 0.1) is 11.6 Å². The summed E-state index contributed by atoms with van der Waals surface area (Å²) in [6.45, 7) is 8.93. The number of rotatable bonds is 5. The van der Waals surface area contributed by atoms with Crippen molar-refractivity contribution in [2.24, 2.45) is 0 Å². The Morgan fingerprint density at radius 1 is 1.27 bits per heavy atom. The smallest absolute Gasteiger partial charge is 0.131 e. The molecule has 144 valence electrons. The van der Waals surface area contributed by atoms with Crippen molar-refractivity contribution in [1.29, 1.82) is 0 Å². The summed E-state index contributed by atoms with van der Waals surface area (Å²) in [6.07, 6.45) is 2.80. The van der Waals surface area contributed by atoms with E-state index in [1.54, 1.807) is 0 Å². The number of fused-ring (bicyclic) bond motifs is 2. The van der Waals surface area contributed by atoms with E-state index in [9.17, 15) is 5.11 Å². The van der Waals surface area contributed by atoms with Crippen LogP contribution in [0.5, 0.6) is 5.75 Å². The van der Waals surface area contributed by atoms with Crippen molar-refractivity contribution >= 4 is 34.9 Å². The summed E-state index contributed by atoms with van der Waals surface area (Å²) in [6, 6.07) is 5.71. The lowest BCUT2D eigenvalue weighted by molar-refractivity contribution is -0.0643.